The van der Waals surface area contributed by atoms with Gasteiger partial charge >= 0.3 is 52.9 Å². The Morgan fingerprint density at radius 2 is 0.949 bits per heavy atom. The molecule has 0 heterocycles. The quantitative estimate of drug-likeness (QED) is 0.280. The number of nitrogens with zero attached hydrogens (tertiary/aromatic N) is 2. The Kier molecular flexibility index (Phi) is 10.0. The van der Waals surface area contributed by atoms with Crippen LogP contribution in [-0.2, 0) is 14.8 Å². The van der Waals surface area contributed by atoms with E-state index in [-0.39, 0.29) is 6.54 Å². The zero-order chi connectivity index (χ0) is 32.1. The maximum Gasteiger partial charge on any atom is 0.460 e. The van der Waals surface area contributed by atoms with E-state index in [4.69, 9.17) is 5.11 Å². The molecule has 0 aliphatic heterocycles. The van der Waals surface area contributed by atoms with Crippen molar-refractivity contribution in [3.63, 3.8) is 0 Å². The molecule has 0 saturated heterocycles. The van der Waals surface area contributed by atoms with Crippen molar-refractivity contribution in [2.45, 2.75) is 53.4 Å². The number of alkyl halides is 17. The Bertz CT molecular complexity index is 995. The van der Waals surface area contributed by atoms with Crippen LogP contribution < -0.4 is 0 Å². The third-order valence-corrected chi connectivity index (χ3v) is 6.58. The highest BCUT2D eigenvalue weighted by molar-refractivity contribution is 7.90. The summed E-state index contributed by atoms with van der Waals surface area (Å²) in [4.78, 5) is 11.9. The highest BCUT2D eigenvalue weighted by Gasteiger charge is 2.96. The minimum atomic E-state index is -8.96. The molecule has 0 aromatic carbocycles. The molecule has 0 aromatic rings. The summed E-state index contributed by atoms with van der Waals surface area (Å²) in [5.41, 5.74) is 0. The fourth-order valence-electron chi connectivity index (χ4n) is 2.47. The molecule has 0 saturated carbocycles. The molecule has 0 aliphatic carbocycles. The van der Waals surface area contributed by atoms with Crippen LogP contribution in [0.2, 0.25) is 0 Å². The Morgan fingerprint density at radius 3 is 1.26 bits per heavy atom. The lowest BCUT2D eigenvalue weighted by atomic mass is 9.91. The van der Waals surface area contributed by atoms with Crippen molar-refractivity contribution in [1.82, 2.24) is 9.21 Å². The van der Waals surface area contributed by atoms with Crippen LogP contribution in [0.15, 0.2) is 0 Å². The molecule has 0 aromatic heterocycles. The van der Waals surface area contributed by atoms with E-state index in [2.05, 4.69) is 0 Å². The zero-order valence-corrected chi connectivity index (χ0v) is 19.5. The Hall–Kier alpha value is -1.85. The highest BCUT2D eigenvalue weighted by Crippen LogP contribution is 2.64. The number of hydrogen-bond acceptors (Lipinski definition) is 4. The van der Waals surface area contributed by atoms with Gasteiger partial charge in [0.15, 0.2) is 0 Å². The lowest BCUT2D eigenvalue weighted by Gasteiger charge is -2.43. The molecule has 39 heavy (non-hydrogen) atoms. The average molecular weight is 642 g/mol. The van der Waals surface area contributed by atoms with Crippen molar-refractivity contribution in [1.29, 1.82) is 0 Å². The smallest absolute Gasteiger partial charge is 0.460 e. The van der Waals surface area contributed by atoms with E-state index in [1.165, 1.54) is 14.1 Å². The summed E-state index contributed by atoms with van der Waals surface area (Å²) in [6.07, 6.45) is -8.69. The summed E-state index contributed by atoms with van der Waals surface area (Å²) >= 11 is 0. The molecule has 0 spiro atoms. The first-order chi connectivity index (χ1) is 16.7. The molecular weight excluding hydrogens is 627 g/mol. The molecular formula is C15H15F17N2O4S. The van der Waals surface area contributed by atoms with Gasteiger partial charge in [0.1, 0.15) is 6.54 Å². The van der Waals surface area contributed by atoms with Crippen LogP contribution in [0.25, 0.3) is 0 Å². The largest absolute Gasteiger partial charge is 0.480 e. The third-order valence-electron chi connectivity index (χ3n) is 4.68. The Morgan fingerprint density at radius 1 is 0.615 bits per heavy atom. The van der Waals surface area contributed by atoms with Gasteiger partial charge in [0.25, 0.3) is 10.0 Å². The minimum absolute atomic E-state index is 0.365. The molecule has 24 heteroatoms. The molecule has 234 valence electrons. The van der Waals surface area contributed by atoms with Gasteiger partial charge in [0.05, 0.1) is 0 Å². The topological polar surface area (TPSA) is 77.9 Å². The van der Waals surface area contributed by atoms with Crippen LogP contribution in [0.1, 0.15) is 6.42 Å². The van der Waals surface area contributed by atoms with E-state index in [1.54, 1.807) is 0 Å². The van der Waals surface area contributed by atoms with Gasteiger partial charge in [-0.2, -0.15) is 78.9 Å². The fraction of sp³-hybridized carbons (Fsp3) is 0.933. The predicted octanol–water partition coefficient (Wildman–Crippen LogP) is 4.62. The van der Waals surface area contributed by atoms with E-state index < -0.39 is 86.8 Å². The number of halogens is 17. The first-order valence-corrected chi connectivity index (χ1v) is 10.7. The van der Waals surface area contributed by atoms with Crippen LogP contribution in [0, 0.1) is 0 Å². The lowest BCUT2D eigenvalue weighted by Crippen LogP contribution is -2.75. The molecule has 0 rings (SSSR count). The predicted molar refractivity (Wildman–Crippen MR) is 92.0 cm³/mol. The second kappa shape index (κ2) is 10.5. The van der Waals surface area contributed by atoms with E-state index in [9.17, 15) is 87.8 Å². The summed E-state index contributed by atoms with van der Waals surface area (Å²) in [6, 6.07) is 0. The van der Waals surface area contributed by atoms with Gasteiger partial charge in [-0.1, -0.05) is 0 Å². The minimum Gasteiger partial charge on any atom is -0.480 e. The van der Waals surface area contributed by atoms with Crippen LogP contribution in [0.5, 0.6) is 0 Å². The van der Waals surface area contributed by atoms with Gasteiger partial charge in [-0.25, -0.2) is 8.42 Å². The van der Waals surface area contributed by atoms with Crippen LogP contribution in [0.4, 0.5) is 74.6 Å². The van der Waals surface area contributed by atoms with Crippen molar-refractivity contribution in [2.24, 2.45) is 0 Å². The molecule has 0 atom stereocenters. The molecule has 0 bridgehead atoms. The van der Waals surface area contributed by atoms with Gasteiger partial charge < -0.3 is 10.0 Å². The molecule has 0 fully saturated rings. The van der Waals surface area contributed by atoms with Gasteiger partial charge in [-0.3, -0.25) is 4.79 Å². The van der Waals surface area contributed by atoms with Crippen LogP contribution >= 0.6 is 0 Å². The summed E-state index contributed by atoms with van der Waals surface area (Å²) in [5, 5.41) is 0.796. The summed E-state index contributed by atoms with van der Waals surface area (Å²) in [5.74, 6) is -54.7. The second-order valence-electron chi connectivity index (χ2n) is 7.85. The summed E-state index contributed by atoms with van der Waals surface area (Å²) in [6.45, 7) is -4.20. The van der Waals surface area contributed by atoms with Gasteiger partial charge in [-0.15, -0.1) is 0 Å². The van der Waals surface area contributed by atoms with Gasteiger partial charge in [0.2, 0.25) is 0 Å². The monoisotopic (exact) mass is 642 g/mol. The lowest BCUT2D eigenvalue weighted by molar-refractivity contribution is -0.458. The van der Waals surface area contributed by atoms with Gasteiger partial charge in [0, 0.05) is 6.54 Å². The third kappa shape index (κ3) is 5.68. The standard InChI is InChI=1S/C15H15F17N2O4S/c1-33(2)4-3-5-34(6-7(35)36)39(37,38)15(31,32)13(26,27)11(22,23)9(18,19)8(16,17)10(20,21)12(24,25)14(28,29)30/h3-6H2,1-2H3,(H,35,36). The first kappa shape index (κ1) is 37.1. The van der Waals surface area contributed by atoms with E-state index in [0.29, 0.717) is 0 Å². The number of sulfonamides is 1. The molecule has 0 unspecified atom stereocenters. The van der Waals surface area contributed by atoms with E-state index in [1.807, 2.05) is 0 Å². The Labute approximate surface area is 206 Å². The molecule has 1 N–H and O–H groups in total. The van der Waals surface area contributed by atoms with Crippen molar-refractivity contribution in [2.75, 3.05) is 33.7 Å². The van der Waals surface area contributed by atoms with E-state index >= 15 is 0 Å². The molecule has 0 amide bonds. The SMILES string of the molecule is CN(C)CCCN(CC(=O)O)S(=O)(=O)C(F)(F)C(F)(F)C(F)(F)C(F)(F)C(F)(F)C(F)(F)C(F)(F)C(F)(F)F. The summed E-state index contributed by atoms with van der Waals surface area (Å²) in [7, 11) is -5.21. The van der Waals surface area contributed by atoms with Crippen molar-refractivity contribution < 1.29 is 93.0 Å². The zero-order valence-electron chi connectivity index (χ0n) is 18.7. The average Bonchev–Trinajstić information content (AvgIpc) is 2.70. The number of hydrogen-bond donors (Lipinski definition) is 1. The molecule has 0 radical (unpaired) electrons. The van der Waals surface area contributed by atoms with Crippen LogP contribution in [0.3, 0.4) is 0 Å². The molecule has 6 nitrogen and oxygen atoms in total. The van der Waals surface area contributed by atoms with Crippen molar-refractivity contribution in [3.05, 3.63) is 0 Å². The van der Waals surface area contributed by atoms with Gasteiger partial charge in [-0.05, 0) is 27.1 Å². The first-order valence-electron chi connectivity index (χ1n) is 9.31. The fourth-order valence-corrected chi connectivity index (χ4v) is 3.90. The number of carboxylic acid groups (broad SMARTS) is 1. The van der Waals surface area contributed by atoms with Crippen LogP contribution in [-0.4, -0.2) is 109 Å². The van der Waals surface area contributed by atoms with E-state index in [0.717, 1.165) is 4.90 Å². The number of aliphatic carboxylic acids is 1. The number of carbonyl (C=O) groups is 1. The number of carboxylic acids is 1. The maximum atomic E-state index is 14.2. The van der Waals surface area contributed by atoms with Crippen molar-refractivity contribution >= 4 is 16.0 Å². The summed E-state index contributed by atoms with van der Waals surface area (Å²) < 4.78 is 250. The maximum absolute atomic E-state index is 14.2. The Balaban J connectivity index is 7.00. The molecule has 0 aliphatic rings. The second-order valence-corrected chi connectivity index (χ2v) is 9.83. The number of rotatable bonds is 14. The normalized spacial score (nSPS) is 15.8. The highest BCUT2D eigenvalue weighted by atomic mass is 32.2. The van der Waals surface area contributed by atoms with Crippen molar-refractivity contribution in [3.8, 4) is 0 Å².